The van der Waals surface area contributed by atoms with Gasteiger partial charge in [-0.2, -0.15) is 0 Å². The smallest absolute Gasteiger partial charge is 0.143 e. The van der Waals surface area contributed by atoms with Gasteiger partial charge in [-0.05, 0) is 147 Å². The molecule has 1 heterocycles. The third kappa shape index (κ3) is 5.17. The van der Waals surface area contributed by atoms with Crippen LogP contribution < -0.4 is 4.90 Å². The van der Waals surface area contributed by atoms with Gasteiger partial charge in [0.15, 0.2) is 0 Å². The zero-order chi connectivity index (χ0) is 43.0. The molecular formula is C63H41NO. The first-order chi connectivity index (χ1) is 32.0. The van der Waals surface area contributed by atoms with Gasteiger partial charge in [0, 0.05) is 38.8 Å². The summed E-state index contributed by atoms with van der Waals surface area (Å²) in [5, 5.41) is 17.1. The highest BCUT2D eigenvalue weighted by atomic mass is 16.3. The van der Waals surface area contributed by atoms with E-state index in [4.69, 9.17) is 4.42 Å². The van der Waals surface area contributed by atoms with Gasteiger partial charge >= 0.3 is 0 Å². The van der Waals surface area contributed by atoms with Crippen LogP contribution in [-0.4, -0.2) is 0 Å². The number of anilines is 3. The highest BCUT2D eigenvalue weighted by Crippen LogP contribution is 2.52. The molecule has 0 amide bonds. The molecule has 0 aliphatic heterocycles. The summed E-state index contributed by atoms with van der Waals surface area (Å²) in [5.41, 5.74) is 12.6. The van der Waals surface area contributed by atoms with E-state index in [1.807, 2.05) is 0 Å². The maximum Gasteiger partial charge on any atom is 0.143 e. The molecule has 2 nitrogen and oxygen atoms in total. The molecule has 0 bridgehead atoms. The van der Waals surface area contributed by atoms with Crippen molar-refractivity contribution in [1.82, 2.24) is 0 Å². The number of benzene rings is 12. The highest BCUT2D eigenvalue weighted by Gasteiger charge is 2.36. The Hall–Kier alpha value is -8.20. The van der Waals surface area contributed by atoms with Crippen LogP contribution in [-0.2, 0) is 5.41 Å². The van der Waals surface area contributed by atoms with Gasteiger partial charge in [-0.1, -0.05) is 172 Å². The average Bonchev–Trinajstić information content (AvgIpc) is 3.83. The minimum Gasteiger partial charge on any atom is -0.455 e. The van der Waals surface area contributed by atoms with Crippen molar-refractivity contribution < 1.29 is 4.42 Å². The van der Waals surface area contributed by atoms with Crippen LogP contribution >= 0.6 is 0 Å². The van der Waals surface area contributed by atoms with Crippen LogP contribution in [0.3, 0.4) is 0 Å². The lowest BCUT2D eigenvalue weighted by atomic mass is 9.82. The summed E-state index contributed by atoms with van der Waals surface area (Å²) in [4.78, 5) is 2.46. The quantitative estimate of drug-likeness (QED) is 0.164. The van der Waals surface area contributed by atoms with Gasteiger partial charge in [0.05, 0.1) is 0 Å². The lowest BCUT2D eigenvalue weighted by Crippen LogP contribution is -2.16. The van der Waals surface area contributed by atoms with Crippen molar-refractivity contribution in [2.24, 2.45) is 0 Å². The molecule has 0 saturated heterocycles. The normalized spacial score (nSPS) is 13.2. The number of hydrogen-bond acceptors (Lipinski definition) is 2. The van der Waals surface area contributed by atoms with E-state index >= 15 is 0 Å². The van der Waals surface area contributed by atoms with Crippen molar-refractivity contribution in [3.8, 4) is 22.3 Å². The van der Waals surface area contributed by atoms with Crippen LogP contribution in [0.15, 0.2) is 217 Å². The first-order valence-electron chi connectivity index (χ1n) is 22.7. The number of rotatable bonds is 4. The second kappa shape index (κ2) is 13.4. The van der Waals surface area contributed by atoms with Crippen LogP contribution in [0.4, 0.5) is 17.1 Å². The van der Waals surface area contributed by atoms with Crippen LogP contribution in [0.25, 0.3) is 109 Å². The van der Waals surface area contributed by atoms with Crippen LogP contribution in [0, 0.1) is 0 Å². The lowest BCUT2D eigenvalue weighted by Gasteiger charge is -2.28. The van der Waals surface area contributed by atoms with Gasteiger partial charge in [0.2, 0.25) is 0 Å². The van der Waals surface area contributed by atoms with Gasteiger partial charge in [-0.15, -0.1) is 0 Å². The Kier molecular flexibility index (Phi) is 7.49. The van der Waals surface area contributed by atoms with Crippen LogP contribution in [0.2, 0.25) is 0 Å². The molecule has 1 aliphatic rings. The minimum absolute atomic E-state index is 0.152. The van der Waals surface area contributed by atoms with Gasteiger partial charge in [-0.25, -0.2) is 0 Å². The van der Waals surface area contributed by atoms with E-state index in [2.05, 4.69) is 231 Å². The molecule has 0 N–H and O–H groups in total. The number of nitrogens with zero attached hydrogens (tertiary/aromatic N) is 1. The third-order valence-electron chi connectivity index (χ3n) is 14.6. The van der Waals surface area contributed by atoms with E-state index in [1.165, 1.54) is 92.5 Å². The second-order valence-electron chi connectivity index (χ2n) is 18.4. The van der Waals surface area contributed by atoms with Crippen molar-refractivity contribution in [2.75, 3.05) is 4.90 Å². The molecule has 0 atom stereocenters. The third-order valence-corrected chi connectivity index (χ3v) is 14.6. The van der Waals surface area contributed by atoms with Crippen molar-refractivity contribution >= 4 is 104 Å². The average molecular weight is 828 g/mol. The van der Waals surface area contributed by atoms with Crippen molar-refractivity contribution in [3.63, 3.8) is 0 Å². The maximum absolute atomic E-state index is 7.11. The van der Waals surface area contributed by atoms with Gasteiger partial charge in [0.25, 0.3) is 0 Å². The van der Waals surface area contributed by atoms with E-state index in [9.17, 15) is 0 Å². The molecule has 0 fully saturated rings. The first-order valence-corrected chi connectivity index (χ1v) is 22.7. The monoisotopic (exact) mass is 827 g/mol. The Morgan fingerprint density at radius 2 is 0.815 bits per heavy atom. The fourth-order valence-corrected chi connectivity index (χ4v) is 11.5. The molecule has 304 valence electrons. The standard InChI is InChI=1S/C63H41NO/c1-63(2)58-26-14-13-25-52(58)53-31-28-42(37-59(53)63)64(40-27-30-51-48-22-9-8-20-46(48)47-21-10-11-23-49(47)54(51)35-40)41-29-32-60-55(36-41)57-34-39-16-4-6-18-44(39)61(62(57)65-60)56-33-38-15-3-5-17-43(38)45-19-7-12-24-50(45)56/h3-37H,1-2H3. The van der Waals surface area contributed by atoms with Gasteiger partial charge < -0.3 is 9.32 Å². The zero-order valence-corrected chi connectivity index (χ0v) is 36.1. The van der Waals surface area contributed by atoms with E-state index < -0.39 is 0 Å². The van der Waals surface area contributed by atoms with Crippen molar-refractivity contribution in [1.29, 1.82) is 0 Å². The largest absolute Gasteiger partial charge is 0.455 e. The minimum atomic E-state index is -0.152. The molecule has 0 unspecified atom stereocenters. The number of hydrogen-bond donors (Lipinski definition) is 0. The Morgan fingerprint density at radius 1 is 0.323 bits per heavy atom. The molecule has 0 spiro atoms. The molecule has 0 saturated carbocycles. The summed E-state index contributed by atoms with van der Waals surface area (Å²) in [6.45, 7) is 4.73. The topological polar surface area (TPSA) is 16.4 Å². The second-order valence-corrected chi connectivity index (χ2v) is 18.4. The zero-order valence-electron chi connectivity index (χ0n) is 36.1. The predicted octanol–water partition coefficient (Wildman–Crippen LogP) is 17.9. The number of furan rings is 1. The van der Waals surface area contributed by atoms with E-state index in [-0.39, 0.29) is 5.41 Å². The molecule has 12 aromatic carbocycles. The summed E-state index contributed by atoms with van der Waals surface area (Å²) in [6, 6.07) is 78.5. The van der Waals surface area contributed by atoms with Gasteiger partial charge in [-0.3, -0.25) is 0 Å². The van der Waals surface area contributed by atoms with Crippen molar-refractivity contribution in [2.45, 2.75) is 19.3 Å². The summed E-state index contributed by atoms with van der Waals surface area (Å²) < 4.78 is 7.11. The summed E-state index contributed by atoms with van der Waals surface area (Å²) in [5.74, 6) is 0. The Bertz CT molecular complexity index is 4130. The van der Waals surface area contributed by atoms with E-state index in [0.717, 1.165) is 44.6 Å². The van der Waals surface area contributed by atoms with E-state index in [1.54, 1.807) is 0 Å². The molecular weight excluding hydrogens is 787 g/mol. The van der Waals surface area contributed by atoms with Gasteiger partial charge in [0.1, 0.15) is 11.2 Å². The molecule has 14 rings (SSSR count). The fourth-order valence-electron chi connectivity index (χ4n) is 11.5. The molecule has 1 aliphatic carbocycles. The molecule has 2 heteroatoms. The lowest BCUT2D eigenvalue weighted by molar-refractivity contribution is 0.660. The van der Waals surface area contributed by atoms with Crippen LogP contribution in [0.1, 0.15) is 25.0 Å². The molecule has 0 radical (unpaired) electrons. The number of fused-ring (bicyclic) bond motifs is 16. The van der Waals surface area contributed by atoms with E-state index in [0.29, 0.717) is 0 Å². The molecule has 13 aromatic rings. The molecule has 1 aromatic heterocycles. The maximum atomic E-state index is 7.11. The summed E-state index contributed by atoms with van der Waals surface area (Å²) >= 11 is 0. The highest BCUT2D eigenvalue weighted by molar-refractivity contribution is 6.26. The molecule has 65 heavy (non-hydrogen) atoms. The Morgan fingerprint density at radius 3 is 1.54 bits per heavy atom. The van der Waals surface area contributed by atoms with Crippen molar-refractivity contribution in [3.05, 3.63) is 223 Å². The Balaban J connectivity index is 1.04. The SMILES string of the molecule is CC1(C)c2ccccc2-c2ccc(N(c3ccc4oc5c(-c6cc7ccccc7c7ccccc67)c6ccccc6cc5c4c3)c3ccc4c5ccccc5c5ccccc5c4c3)cc21. The predicted molar refractivity (Wildman–Crippen MR) is 276 cm³/mol. The Labute approximate surface area is 376 Å². The first kappa shape index (κ1) is 36.3. The van der Waals surface area contributed by atoms with Crippen LogP contribution in [0.5, 0.6) is 0 Å². The summed E-state index contributed by atoms with van der Waals surface area (Å²) in [7, 11) is 0. The summed E-state index contributed by atoms with van der Waals surface area (Å²) in [6.07, 6.45) is 0. The fraction of sp³-hybridized carbons (Fsp3) is 0.0476.